The van der Waals surface area contributed by atoms with Crippen molar-refractivity contribution in [3.8, 4) is 5.75 Å². The van der Waals surface area contributed by atoms with Gasteiger partial charge in [0, 0.05) is 111 Å². The van der Waals surface area contributed by atoms with Crippen LogP contribution in [-0.4, -0.2) is 321 Å². The van der Waals surface area contributed by atoms with Crippen LogP contribution in [0, 0.1) is 5.92 Å². The number of aromatic nitrogens is 4. The number of nitrogens with zero attached hydrogens (tertiary/aromatic N) is 6. The minimum Gasteiger partial charge on any atom is -0.508 e. The van der Waals surface area contributed by atoms with Crippen LogP contribution in [0.4, 0.5) is 0 Å². The fraction of sp³-hybridized carbons (Fsp3) is 0.549. The summed E-state index contributed by atoms with van der Waals surface area (Å²) in [6.07, 6.45) is 2.70. The molecule has 16 atom stereocenters. The largest absolute Gasteiger partial charge is 0.508 e. The summed E-state index contributed by atoms with van der Waals surface area (Å²) in [4.78, 5) is 255. The van der Waals surface area contributed by atoms with Crippen molar-refractivity contribution >= 4 is 128 Å². The van der Waals surface area contributed by atoms with E-state index in [1.807, 2.05) is 13.8 Å². The Kier molecular flexibility index (Phi) is 38.2. The normalized spacial score (nSPS) is 25.9. The molecule has 134 heavy (non-hydrogen) atoms. The van der Waals surface area contributed by atoms with E-state index in [0.29, 0.717) is 69.9 Å². The summed E-state index contributed by atoms with van der Waals surface area (Å²) in [5, 5.41) is 74.0. The van der Waals surface area contributed by atoms with Crippen molar-refractivity contribution in [3.63, 3.8) is 0 Å². The third kappa shape index (κ3) is 27.8. The summed E-state index contributed by atoms with van der Waals surface area (Å²) in [5.74, 6) is -15.6. The highest BCUT2D eigenvalue weighted by molar-refractivity contribution is 8.00. The van der Waals surface area contributed by atoms with E-state index in [1.165, 1.54) is 65.6 Å². The average Bonchev–Trinajstić information content (AvgIpc) is 1.68. The number of imidazole rings is 1. The number of hydrogen-bond donors (Lipinski definition) is 20. The lowest BCUT2D eigenvalue weighted by Gasteiger charge is -2.37. The number of para-hydroxylation sites is 2. The van der Waals surface area contributed by atoms with Crippen LogP contribution in [0.2, 0.25) is 0 Å². The predicted octanol–water partition coefficient (Wildman–Crippen LogP) is -2.52. The number of aromatic amines is 3. The maximum Gasteiger partial charge on any atom is 0.246 e. The number of thioether (sulfide) groups is 1. The van der Waals surface area contributed by atoms with Gasteiger partial charge >= 0.3 is 0 Å². The van der Waals surface area contributed by atoms with E-state index in [2.05, 4.69) is 73.1 Å². The standard InChI is InChI=1S/C91H128N22O20S/c1-7-9-23-70-83(125)101-61(22-15-31-92)79(121)108-69(78(120)98-44-76(94)118)47-134-48-77(119)100-65(35-51-27-29-55(115)30-28-51)88(130)111-32-17-26-72(111)85(127)106-67(40-75(93)117)89(131)112-33-16-25-71(112)84(126)103-63(38-54-43-95-49-99-54)81(123)104-64(34-50(3)4)90(132)113-45-56(116)39-74(113)86(128)102-62(36-52-41-96-59-20-13-11-18-57(52)59)80(122)107-68(46-114)82(124)105-66(37-53-42-97-60-21-14-12-19-58(53)60)87(129)110(6)73(24-10-8-2)91(133)109(70)5/h11-14,18-21,27-30,41-43,49-50,56,61-74,82,96-97,105,114-116,124H,7-10,15-17,22-26,31-40,44-48,92H2,1-6H3,(H2,93,117)(H2,94,118)(H,95,99)(H,98,120)(H,100,119)(H,101,125)(H,102,128)(H,103,126)(H,104,123)(H,106,127)(H,107,122)(H,108,121)/t56-,61+,62+,63+,64+,65+,66+,67+,68+,69+,70+,71+,72+,73+,74+,82?/m1/s1. The van der Waals surface area contributed by atoms with Crippen LogP contribution in [-0.2, 0) is 102 Å². The summed E-state index contributed by atoms with van der Waals surface area (Å²) in [6.45, 7) is 4.96. The zero-order valence-corrected chi connectivity index (χ0v) is 77.1. The molecule has 42 nitrogen and oxygen atoms in total. The lowest BCUT2D eigenvalue weighted by atomic mass is 9.99. The summed E-state index contributed by atoms with van der Waals surface area (Å²) in [6, 6.07) is -0.953. The van der Waals surface area contributed by atoms with Crippen molar-refractivity contribution in [1.82, 2.24) is 97.6 Å². The van der Waals surface area contributed by atoms with Gasteiger partial charge in [-0.2, -0.15) is 0 Å². The molecule has 0 saturated carbocycles. The number of amides is 16. The van der Waals surface area contributed by atoms with Crippen LogP contribution >= 0.6 is 11.8 Å². The third-order valence-electron chi connectivity index (χ3n) is 24.7. The van der Waals surface area contributed by atoms with Crippen molar-refractivity contribution in [2.75, 3.05) is 64.9 Å². The Morgan fingerprint density at radius 3 is 1.66 bits per heavy atom. The first-order chi connectivity index (χ1) is 64.1. The van der Waals surface area contributed by atoms with Gasteiger partial charge < -0.3 is 125 Å². The Balaban J connectivity index is 1.01. The number of rotatable bonds is 25. The van der Waals surface area contributed by atoms with Crippen LogP contribution in [0.1, 0.15) is 146 Å². The molecule has 4 aliphatic rings. The van der Waals surface area contributed by atoms with Crippen molar-refractivity contribution in [2.45, 2.75) is 247 Å². The molecule has 10 rings (SSSR count). The lowest BCUT2D eigenvalue weighted by Crippen LogP contribution is -2.63. The van der Waals surface area contributed by atoms with Gasteiger partial charge in [0.05, 0.1) is 49.8 Å². The quantitative estimate of drug-likeness (QED) is 0.0281. The second-order valence-electron chi connectivity index (χ2n) is 35.1. The number of nitrogens with one attached hydrogen (secondary N) is 13. The Morgan fingerprint density at radius 1 is 0.552 bits per heavy atom. The van der Waals surface area contributed by atoms with Crippen LogP contribution < -0.4 is 70.4 Å². The van der Waals surface area contributed by atoms with Gasteiger partial charge in [-0.1, -0.05) is 102 Å². The molecule has 16 amide bonds. The molecule has 728 valence electrons. The number of fused-ring (bicyclic) bond motifs is 5. The first kappa shape index (κ1) is 104. The number of aliphatic hydroxyl groups excluding tert-OH is 3. The second kappa shape index (κ2) is 49.4. The molecule has 4 aliphatic heterocycles. The Hall–Kier alpha value is -12.6. The molecule has 0 radical (unpaired) electrons. The molecule has 3 aromatic carbocycles. The smallest absolute Gasteiger partial charge is 0.246 e. The molecule has 43 heteroatoms. The van der Waals surface area contributed by atoms with Gasteiger partial charge in [-0.25, -0.2) is 4.98 Å². The zero-order valence-electron chi connectivity index (χ0n) is 76.3. The number of unbranched alkanes of at least 4 members (excludes halogenated alkanes) is 2. The summed E-state index contributed by atoms with van der Waals surface area (Å²) in [7, 11) is 2.76. The number of carbonyl (C=O) groups is 16. The molecule has 23 N–H and O–H groups in total. The SMILES string of the molecule is CCCC[C@H]1C(=O)N(C)[C@@H](CCCC)C(=O)N[C@@H](CCCN)C(=O)N[C@H](C(=O)NCC(N)=O)CSCC(=O)N[C@@H](Cc2ccc(O)cc2)C(=O)N2CCC[C@H]2C(=O)N[C@@H](CC(N)=O)C(=O)N2CCC[C@H]2C(=O)N[C@@H](Cc2cnc[nH]2)C(=O)N[C@@H](CC(C)C)C(=O)N2C[C@H](O)C[C@H]2C(=O)N[C@@H](Cc2c[nH]c3ccccc23)C(=O)N[C@@H](CO)C(O)N[C@@H](Cc2c[nH]c3ccccc23)C(=O)N1C. The molecular weight excluding hydrogens is 1750 g/mol. The fourth-order valence-corrected chi connectivity index (χ4v) is 18.4. The van der Waals surface area contributed by atoms with Crippen molar-refractivity contribution < 1.29 is 97.1 Å². The monoisotopic (exact) mass is 1880 g/mol. The molecular formula is C91H128N22O20S. The van der Waals surface area contributed by atoms with E-state index in [1.54, 1.807) is 74.8 Å². The summed E-state index contributed by atoms with van der Waals surface area (Å²) in [5.41, 5.74) is 20.4. The molecule has 4 saturated heterocycles. The van der Waals surface area contributed by atoms with E-state index in [-0.39, 0.29) is 121 Å². The molecule has 3 aromatic heterocycles. The maximum absolute atomic E-state index is 15.8. The van der Waals surface area contributed by atoms with Gasteiger partial charge in [0.2, 0.25) is 94.5 Å². The summed E-state index contributed by atoms with van der Waals surface area (Å²) >= 11 is 0.803. The number of nitrogens with two attached hydrogens (primary N) is 3. The highest BCUT2D eigenvalue weighted by atomic mass is 32.2. The lowest BCUT2D eigenvalue weighted by molar-refractivity contribution is -0.149. The van der Waals surface area contributed by atoms with Gasteiger partial charge in [0.1, 0.15) is 84.5 Å². The number of H-pyrrole nitrogens is 3. The van der Waals surface area contributed by atoms with E-state index in [4.69, 9.17) is 17.2 Å². The van der Waals surface area contributed by atoms with E-state index >= 15 is 43.2 Å². The highest BCUT2D eigenvalue weighted by Crippen LogP contribution is 2.29. The molecule has 0 aliphatic carbocycles. The number of aromatic hydroxyl groups is 1. The van der Waals surface area contributed by atoms with E-state index in [9.17, 15) is 54.0 Å². The molecule has 1 unspecified atom stereocenters. The van der Waals surface area contributed by atoms with Gasteiger partial charge in [0.15, 0.2) is 0 Å². The zero-order chi connectivity index (χ0) is 97.1. The first-order valence-electron chi connectivity index (χ1n) is 45.7. The second-order valence-corrected chi connectivity index (χ2v) is 36.2. The van der Waals surface area contributed by atoms with Gasteiger partial charge in [-0.15, -0.1) is 11.8 Å². The highest BCUT2D eigenvalue weighted by Gasteiger charge is 2.48. The van der Waals surface area contributed by atoms with Gasteiger partial charge in [0.25, 0.3) is 0 Å². The van der Waals surface area contributed by atoms with Crippen LogP contribution in [0.15, 0.2) is 97.7 Å². The molecule has 6 aromatic rings. The average molecular weight is 1880 g/mol. The van der Waals surface area contributed by atoms with Crippen molar-refractivity contribution in [1.29, 1.82) is 0 Å². The number of carbonyl (C=O) groups excluding carboxylic acids is 16. The molecule has 0 bridgehead atoms. The predicted molar refractivity (Wildman–Crippen MR) is 492 cm³/mol. The van der Waals surface area contributed by atoms with Gasteiger partial charge in [-0.05, 0) is 118 Å². The van der Waals surface area contributed by atoms with Gasteiger partial charge in [-0.3, -0.25) is 82.0 Å². The Morgan fingerprint density at radius 2 is 1.09 bits per heavy atom. The van der Waals surface area contributed by atoms with Crippen LogP contribution in [0.5, 0.6) is 5.75 Å². The van der Waals surface area contributed by atoms with E-state index in [0.717, 1.165) is 21.6 Å². The molecule has 7 heterocycles. The van der Waals surface area contributed by atoms with E-state index < -0.39 is 229 Å². The Labute approximate surface area is 779 Å². The number of likely N-dealkylation sites (N-methyl/N-ethyl adjacent to an activating group) is 2. The Bertz CT molecular complexity index is 5110. The van der Waals surface area contributed by atoms with Crippen LogP contribution in [0.25, 0.3) is 21.8 Å². The van der Waals surface area contributed by atoms with Crippen molar-refractivity contribution in [2.24, 2.45) is 23.1 Å². The number of primary amides is 2. The number of aliphatic hydroxyl groups is 3. The third-order valence-corrected chi connectivity index (χ3v) is 25.7. The minimum absolute atomic E-state index is 0.00189. The number of phenolic OH excluding ortho intramolecular Hbond substituents is 1. The molecule has 4 fully saturated rings. The number of benzene rings is 3. The maximum atomic E-state index is 15.8. The van der Waals surface area contributed by atoms with Crippen LogP contribution in [0.3, 0.4) is 0 Å². The number of hydrogen-bond acceptors (Lipinski definition) is 24. The summed E-state index contributed by atoms with van der Waals surface area (Å²) < 4.78 is 0. The number of phenols is 1. The first-order valence-corrected chi connectivity index (χ1v) is 46.8. The van der Waals surface area contributed by atoms with Crippen molar-refractivity contribution in [3.05, 3.63) is 120 Å². The molecule has 0 spiro atoms. The fourth-order valence-electron chi connectivity index (χ4n) is 17.6. The topological polar surface area (TPSA) is 629 Å². The minimum atomic E-state index is -2.01.